The van der Waals surface area contributed by atoms with E-state index in [4.69, 9.17) is 9.47 Å². The summed E-state index contributed by atoms with van der Waals surface area (Å²) in [5.74, 6) is 0. The maximum absolute atomic E-state index is 5.51. The maximum atomic E-state index is 5.51. The number of methoxy groups -OCH3 is 1. The first-order chi connectivity index (χ1) is 8.86. The highest BCUT2D eigenvalue weighted by molar-refractivity contribution is 4.97. The van der Waals surface area contributed by atoms with E-state index in [1.165, 1.54) is 0 Å². The minimum Gasteiger partial charge on any atom is -0.385 e. The van der Waals surface area contributed by atoms with Gasteiger partial charge in [-0.15, -0.1) is 0 Å². The number of nitrogens with one attached hydrogen (secondary N) is 1. The Labute approximate surface area is 109 Å². The van der Waals surface area contributed by atoms with Crippen LogP contribution < -0.4 is 5.32 Å². The van der Waals surface area contributed by atoms with E-state index >= 15 is 0 Å². The van der Waals surface area contributed by atoms with Crippen LogP contribution in [0.5, 0.6) is 0 Å². The van der Waals surface area contributed by atoms with Crippen LogP contribution in [0.1, 0.15) is 19.0 Å². The topological polar surface area (TPSA) is 48.3 Å². The fourth-order valence-electron chi connectivity index (χ4n) is 1.63. The number of hydrogen-bond donors (Lipinski definition) is 1. The van der Waals surface area contributed by atoms with E-state index in [1.54, 1.807) is 7.11 Å². The molecule has 0 amide bonds. The highest BCUT2D eigenvalue weighted by Crippen LogP contribution is 1.97. The number of ether oxygens (including phenoxy) is 2. The molecule has 1 aromatic rings. The Kier molecular flexibility index (Phi) is 8.46. The molecule has 1 heterocycles. The smallest absolute Gasteiger partial charge is 0.0950 e. The zero-order valence-electron chi connectivity index (χ0n) is 11.5. The van der Waals surface area contributed by atoms with Crippen molar-refractivity contribution in [3.05, 3.63) is 18.2 Å². The summed E-state index contributed by atoms with van der Waals surface area (Å²) in [6.07, 6.45) is 5.90. The van der Waals surface area contributed by atoms with Crippen LogP contribution in [0, 0.1) is 0 Å². The van der Waals surface area contributed by atoms with Gasteiger partial charge in [0.15, 0.2) is 0 Å². The third-order valence-electron chi connectivity index (χ3n) is 2.63. The molecule has 0 bridgehead atoms. The summed E-state index contributed by atoms with van der Waals surface area (Å²) < 4.78 is 12.5. The molecule has 1 aromatic heterocycles. The molecule has 0 aliphatic heterocycles. The molecule has 5 heteroatoms. The Morgan fingerprint density at radius 1 is 1.33 bits per heavy atom. The second-order valence-corrected chi connectivity index (χ2v) is 4.17. The Bertz CT molecular complexity index is 302. The maximum Gasteiger partial charge on any atom is 0.0950 e. The minimum atomic E-state index is 0.729. The zero-order chi connectivity index (χ0) is 13.1. The summed E-state index contributed by atoms with van der Waals surface area (Å²) in [7, 11) is 1.71. The van der Waals surface area contributed by atoms with Gasteiger partial charge in [0.2, 0.25) is 0 Å². The van der Waals surface area contributed by atoms with Crippen molar-refractivity contribution in [3.63, 3.8) is 0 Å². The van der Waals surface area contributed by atoms with Gasteiger partial charge in [0.1, 0.15) is 0 Å². The number of aromatic nitrogens is 2. The standard InChI is InChI=1S/C13H25N3O2/c1-3-14-6-5-13-11-16(12-15-13)7-10-18-9-4-8-17-2/h11-12,14H,3-10H2,1-2H3. The molecule has 104 valence electrons. The molecule has 5 nitrogen and oxygen atoms in total. The van der Waals surface area contributed by atoms with Crippen LogP contribution in [0.3, 0.4) is 0 Å². The van der Waals surface area contributed by atoms with Gasteiger partial charge in [0.25, 0.3) is 0 Å². The van der Waals surface area contributed by atoms with Gasteiger partial charge in [-0.2, -0.15) is 0 Å². The summed E-state index contributed by atoms with van der Waals surface area (Å²) in [5.41, 5.74) is 1.13. The lowest BCUT2D eigenvalue weighted by Crippen LogP contribution is -2.16. The first kappa shape index (κ1) is 15.1. The Morgan fingerprint density at radius 2 is 2.22 bits per heavy atom. The van der Waals surface area contributed by atoms with Crippen molar-refractivity contribution in [2.45, 2.75) is 26.3 Å². The molecular formula is C13H25N3O2. The van der Waals surface area contributed by atoms with Crippen molar-refractivity contribution in [1.29, 1.82) is 0 Å². The Balaban J connectivity index is 2.07. The molecule has 0 aromatic carbocycles. The second-order valence-electron chi connectivity index (χ2n) is 4.17. The van der Waals surface area contributed by atoms with Gasteiger partial charge >= 0.3 is 0 Å². The van der Waals surface area contributed by atoms with E-state index in [0.717, 1.165) is 58.0 Å². The van der Waals surface area contributed by atoms with Crippen LogP contribution in [0.25, 0.3) is 0 Å². The quantitative estimate of drug-likeness (QED) is 0.601. The SMILES string of the molecule is CCNCCc1cn(CCOCCCOC)cn1. The minimum absolute atomic E-state index is 0.729. The summed E-state index contributed by atoms with van der Waals surface area (Å²) in [4.78, 5) is 4.36. The summed E-state index contributed by atoms with van der Waals surface area (Å²) >= 11 is 0. The molecule has 1 N–H and O–H groups in total. The average molecular weight is 255 g/mol. The molecule has 0 aliphatic carbocycles. The van der Waals surface area contributed by atoms with E-state index in [0.29, 0.717) is 0 Å². The lowest BCUT2D eigenvalue weighted by atomic mass is 10.3. The number of rotatable bonds is 11. The number of likely N-dealkylation sites (N-methyl/N-ethyl adjacent to an activating group) is 1. The van der Waals surface area contributed by atoms with Gasteiger partial charge in [0, 0.05) is 46.0 Å². The number of hydrogen-bond acceptors (Lipinski definition) is 4. The summed E-state index contributed by atoms with van der Waals surface area (Å²) in [5, 5.41) is 3.29. The van der Waals surface area contributed by atoms with Crippen LogP contribution in [0.2, 0.25) is 0 Å². The van der Waals surface area contributed by atoms with Gasteiger partial charge < -0.3 is 19.4 Å². The molecule has 0 saturated carbocycles. The molecule has 0 aliphatic rings. The average Bonchev–Trinajstić information content (AvgIpc) is 2.82. The van der Waals surface area contributed by atoms with E-state index < -0.39 is 0 Å². The van der Waals surface area contributed by atoms with Crippen molar-refractivity contribution >= 4 is 0 Å². The zero-order valence-corrected chi connectivity index (χ0v) is 11.5. The van der Waals surface area contributed by atoms with Crippen molar-refractivity contribution in [2.24, 2.45) is 0 Å². The lowest BCUT2D eigenvalue weighted by Gasteiger charge is -2.04. The second kappa shape index (κ2) is 10.1. The van der Waals surface area contributed by atoms with Crippen LogP contribution in [-0.4, -0.2) is 49.6 Å². The van der Waals surface area contributed by atoms with Crippen molar-refractivity contribution in [1.82, 2.24) is 14.9 Å². The highest BCUT2D eigenvalue weighted by Gasteiger charge is 1.98. The monoisotopic (exact) mass is 255 g/mol. The van der Waals surface area contributed by atoms with Gasteiger partial charge in [-0.3, -0.25) is 0 Å². The fraction of sp³-hybridized carbons (Fsp3) is 0.769. The summed E-state index contributed by atoms with van der Waals surface area (Å²) in [6.45, 7) is 7.22. The third kappa shape index (κ3) is 6.74. The number of nitrogens with zero attached hydrogens (tertiary/aromatic N) is 2. The van der Waals surface area contributed by atoms with Crippen molar-refractivity contribution < 1.29 is 9.47 Å². The largest absolute Gasteiger partial charge is 0.385 e. The first-order valence-corrected chi connectivity index (χ1v) is 6.65. The Morgan fingerprint density at radius 3 is 3.00 bits per heavy atom. The first-order valence-electron chi connectivity index (χ1n) is 6.65. The van der Waals surface area contributed by atoms with E-state index in [9.17, 15) is 0 Å². The molecule has 18 heavy (non-hydrogen) atoms. The molecule has 0 spiro atoms. The third-order valence-corrected chi connectivity index (χ3v) is 2.63. The highest BCUT2D eigenvalue weighted by atomic mass is 16.5. The van der Waals surface area contributed by atoms with Gasteiger partial charge in [0.05, 0.1) is 18.6 Å². The van der Waals surface area contributed by atoms with Crippen LogP contribution in [0.4, 0.5) is 0 Å². The van der Waals surface area contributed by atoms with Crippen LogP contribution in [0.15, 0.2) is 12.5 Å². The van der Waals surface area contributed by atoms with Crippen molar-refractivity contribution in [3.8, 4) is 0 Å². The predicted octanol–water partition coefficient (Wildman–Crippen LogP) is 1.09. The molecule has 0 radical (unpaired) electrons. The predicted molar refractivity (Wildman–Crippen MR) is 71.8 cm³/mol. The van der Waals surface area contributed by atoms with Gasteiger partial charge in [-0.1, -0.05) is 6.92 Å². The molecule has 0 unspecified atom stereocenters. The summed E-state index contributed by atoms with van der Waals surface area (Å²) in [6, 6.07) is 0. The van der Waals surface area contributed by atoms with Gasteiger partial charge in [-0.25, -0.2) is 4.98 Å². The Hall–Kier alpha value is -0.910. The molecule has 1 rings (SSSR count). The van der Waals surface area contributed by atoms with Crippen LogP contribution >= 0.6 is 0 Å². The number of imidazole rings is 1. The van der Waals surface area contributed by atoms with Crippen molar-refractivity contribution in [2.75, 3.05) is 40.0 Å². The van der Waals surface area contributed by atoms with E-state index in [-0.39, 0.29) is 0 Å². The lowest BCUT2D eigenvalue weighted by molar-refractivity contribution is 0.0977. The normalized spacial score (nSPS) is 11.0. The van der Waals surface area contributed by atoms with Gasteiger partial charge in [-0.05, 0) is 13.0 Å². The van der Waals surface area contributed by atoms with Crippen LogP contribution in [-0.2, 0) is 22.4 Å². The van der Waals surface area contributed by atoms with E-state index in [2.05, 4.69) is 28.0 Å². The fourth-order valence-corrected chi connectivity index (χ4v) is 1.63. The molecule has 0 atom stereocenters. The molecular weight excluding hydrogens is 230 g/mol. The molecule has 0 saturated heterocycles. The van der Waals surface area contributed by atoms with E-state index in [1.807, 2.05) is 6.33 Å². The molecule has 0 fully saturated rings.